The zero-order valence-electron chi connectivity index (χ0n) is 25.1. The molecule has 0 saturated heterocycles. The number of sulfonamides is 1. The zero-order valence-corrected chi connectivity index (χ0v) is 25.9. The summed E-state index contributed by atoms with van der Waals surface area (Å²) in [5.41, 5.74) is 5.16. The second-order valence-electron chi connectivity index (χ2n) is 10.6. The Labute approximate surface area is 245 Å². The van der Waals surface area contributed by atoms with Crippen LogP contribution in [0.5, 0.6) is 0 Å². The van der Waals surface area contributed by atoms with Crippen LogP contribution in [-0.4, -0.2) is 44.3 Å². The highest BCUT2D eigenvalue weighted by Gasteiger charge is 2.34. The topological polar surface area (TPSA) is 86.8 Å². The Hall–Kier alpha value is -3.65. The summed E-state index contributed by atoms with van der Waals surface area (Å²) in [5, 5.41) is 2.97. The molecule has 0 fully saturated rings. The highest BCUT2D eigenvalue weighted by atomic mass is 32.2. The van der Waals surface area contributed by atoms with Crippen LogP contribution < -0.4 is 9.62 Å². The molecule has 0 aliphatic heterocycles. The molecule has 3 rings (SSSR count). The lowest BCUT2D eigenvalue weighted by molar-refractivity contribution is -0.140. The van der Waals surface area contributed by atoms with Gasteiger partial charge in [-0.15, -0.1) is 0 Å². The molecule has 2 amide bonds. The molecular formula is C33H43N3O4S. The van der Waals surface area contributed by atoms with Gasteiger partial charge >= 0.3 is 0 Å². The van der Waals surface area contributed by atoms with E-state index in [1.807, 2.05) is 71.9 Å². The van der Waals surface area contributed by atoms with Crippen LogP contribution in [0.2, 0.25) is 0 Å². The number of hydrogen-bond donors (Lipinski definition) is 1. The number of aryl methyl sites for hydroxylation is 4. The molecule has 0 aliphatic carbocycles. The van der Waals surface area contributed by atoms with Crippen molar-refractivity contribution in [3.63, 3.8) is 0 Å². The van der Waals surface area contributed by atoms with Gasteiger partial charge in [-0.1, -0.05) is 68.3 Å². The fraction of sp³-hybridized carbons (Fsp3) is 0.394. The molecule has 7 nitrogen and oxygen atoms in total. The number of hydrogen-bond acceptors (Lipinski definition) is 4. The number of carbonyl (C=O) groups is 2. The molecule has 8 heteroatoms. The van der Waals surface area contributed by atoms with Crippen molar-refractivity contribution < 1.29 is 18.0 Å². The quantitative estimate of drug-likeness (QED) is 0.259. The van der Waals surface area contributed by atoms with Gasteiger partial charge in [0, 0.05) is 13.1 Å². The first-order valence-corrected chi connectivity index (χ1v) is 15.7. The van der Waals surface area contributed by atoms with E-state index in [0.29, 0.717) is 18.7 Å². The lowest BCUT2D eigenvalue weighted by atomic mass is 10.1. The third kappa shape index (κ3) is 7.97. The average molecular weight is 578 g/mol. The summed E-state index contributed by atoms with van der Waals surface area (Å²) in [7, 11) is -4.10. The van der Waals surface area contributed by atoms with Gasteiger partial charge in [0.15, 0.2) is 0 Å². The predicted octanol–water partition coefficient (Wildman–Crippen LogP) is 5.84. The Balaban J connectivity index is 2.07. The Morgan fingerprint density at radius 2 is 1.54 bits per heavy atom. The Morgan fingerprint density at radius 1 is 0.854 bits per heavy atom. The molecule has 0 bridgehead atoms. The van der Waals surface area contributed by atoms with Gasteiger partial charge in [-0.25, -0.2) is 8.42 Å². The van der Waals surface area contributed by atoms with Crippen molar-refractivity contribution >= 4 is 27.5 Å². The van der Waals surface area contributed by atoms with E-state index in [1.54, 1.807) is 36.4 Å². The van der Waals surface area contributed by atoms with Crippen molar-refractivity contribution in [1.82, 2.24) is 10.2 Å². The van der Waals surface area contributed by atoms with Gasteiger partial charge in [-0.2, -0.15) is 0 Å². The lowest BCUT2D eigenvalue weighted by Crippen LogP contribution is -2.52. The first-order valence-electron chi connectivity index (χ1n) is 14.3. The molecule has 0 heterocycles. The van der Waals surface area contributed by atoms with E-state index in [4.69, 9.17) is 0 Å². The molecule has 1 atom stereocenters. The number of anilines is 1. The number of benzene rings is 3. The van der Waals surface area contributed by atoms with E-state index < -0.39 is 28.5 Å². The van der Waals surface area contributed by atoms with E-state index in [2.05, 4.69) is 5.32 Å². The average Bonchev–Trinajstić information content (AvgIpc) is 2.94. The smallest absolute Gasteiger partial charge is 0.264 e. The van der Waals surface area contributed by atoms with Gasteiger partial charge in [0.2, 0.25) is 11.8 Å². The predicted molar refractivity (Wildman–Crippen MR) is 165 cm³/mol. The molecular weight excluding hydrogens is 534 g/mol. The minimum atomic E-state index is -4.10. The highest BCUT2D eigenvalue weighted by molar-refractivity contribution is 7.92. The summed E-state index contributed by atoms with van der Waals surface area (Å²) >= 11 is 0. The van der Waals surface area contributed by atoms with Crippen molar-refractivity contribution in [3.8, 4) is 0 Å². The van der Waals surface area contributed by atoms with Crippen molar-refractivity contribution in [3.05, 3.63) is 94.5 Å². The molecule has 0 unspecified atom stereocenters. The molecule has 1 N–H and O–H groups in total. The number of nitrogens with zero attached hydrogens (tertiary/aromatic N) is 2. The summed E-state index contributed by atoms with van der Waals surface area (Å²) in [6.07, 6.45) is 2.16. The zero-order chi connectivity index (χ0) is 30.2. The minimum absolute atomic E-state index is 0.101. The largest absolute Gasteiger partial charge is 0.354 e. The SMILES string of the molecule is CCCCNC(=O)[C@@H](CC)N(Cc1ccccc1C)C(=O)CN(c1ccc(C)c(C)c1)S(=O)(=O)c1ccc(C)cc1. The van der Waals surface area contributed by atoms with E-state index in [-0.39, 0.29) is 17.3 Å². The van der Waals surface area contributed by atoms with Gasteiger partial charge in [0.1, 0.15) is 12.6 Å². The first kappa shape index (κ1) is 31.9. The number of nitrogens with one attached hydrogen (secondary N) is 1. The second-order valence-corrected chi connectivity index (χ2v) is 12.5. The van der Waals surface area contributed by atoms with Crippen molar-refractivity contribution in [1.29, 1.82) is 0 Å². The van der Waals surface area contributed by atoms with Crippen LogP contribution in [0.1, 0.15) is 60.9 Å². The number of carbonyl (C=O) groups excluding carboxylic acids is 2. The molecule has 0 aliphatic rings. The van der Waals surface area contributed by atoms with Gasteiger partial charge in [-0.3, -0.25) is 13.9 Å². The summed E-state index contributed by atoms with van der Waals surface area (Å²) in [6, 6.07) is 18.9. The Morgan fingerprint density at radius 3 is 2.15 bits per heavy atom. The van der Waals surface area contributed by atoms with Gasteiger partial charge in [0.25, 0.3) is 10.0 Å². The number of rotatable bonds is 13. The molecule has 220 valence electrons. The number of amides is 2. The lowest BCUT2D eigenvalue weighted by Gasteiger charge is -2.33. The second kappa shape index (κ2) is 14.3. The van der Waals surface area contributed by atoms with E-state index >= 15 is 0 Å². The van der Waals surface area contributed by atoms with Crippen LogP contribution in [0.3, 0.4) is 0 Å². The third-order valence-electron chi connectivity index (χ3n) is 7.48. The number of unbranched alkanes of at least 4 members (excludes halogenated alkanes) is 1. The van der Waals surface area contributed by atoms with Crippen molar-refractivity contribution in [2.45, 2.75) is 78.3 Å². The molecule has 0 saturated carbocycles. The monoisotopic (exact) mass is 577 g/mol. The van der Waals surface area contributed by atoms with Crippen LogP contribution in [0.25, 0.3) is 0 Å². The van der Waals surface area contributed by atoms with Crippen LogP contribution in [0.15, 0.2) is 71.6 Å². The van der Waals surface area contributed by atoms with Crippen molar-refractivity contribution in [2.24, 2.45) is 0 Å². The molecule has 0 aromatic heterocycles. The van der Waals surface area contributed by atoms with E-state index in [1.165, 1.54) is 9.21 Å². The molecule has 3 aromatic carbocycles. The van der Waals surface area contributed by atoms with Crippen LogP contribution >= 0.6 is 0 Å². The third-order valence-corrected chi connectivity index (χ3v) is 9.27. The maximum Gasteiger partial charge on any atom is 0.264 e. The summed E-state index contributed by atoms with van der Waals surface area (Å²) in [4.78, 5) is 29.2. The molecule has 0 radical (unpaired) electrons. The van der Waals surface area contributed by atoms with Crippen LogP contribution in [0, 0.1) is 27.7 Å². The van der Waals surface area contributed by atoms with E-state index in [9.17, 15) is 18.0 Å². The molecule has 0 spiro atoms. The molecule has 41 heavy (non-hydrogen) atoms. The van der Waals surface area contributed by atoms with Gasteiger partial charge < -0.3 is 10.2 Å². The van der Waals surface area contributed by atoms with Gasteiger partial charge in [-0.05, 0) is 87.1 Å². The van der Waals surface area contributed by atoms with Crippen LogP contribution in [0.4, 0.5) is 5.69 Å². The standard InChI is InChI=1S/C33H43N3O4S/c1-7-9-20-34-33(38)31(8-2)35(22-28-13-11-10-12-26(28)5)32(37)23-36(29-17-16-25(4)27(6)21-29)41(39,40)30-18-14-24(3)15-19-30/h10-19,21,31H,7-9,20,22-23H2,1-6H3,(H,34,38)/t31-/m1/s1. The van der Waals surface area contributed by atoms with E-state index in [0.717, 1.165) is 40.7 Å². The normalized spacial score (nSPS) is 12.0. The van der Waals surface area contributed by atoms with Gasteiger partial charge in [0.05, 0.1) is 10.6 Å². The maximum absolute atomic E-state index is 14.2. The first-order chi connectivity index (χ1) is 19.5. The highest BCUT2D eigenvalue weighted by Crippen LogP contribution is 2.27. The summed E-state index contributed by atoms with van der Waals surface area (Å²) < 4.78 is 29.2. The van der Waals surface area contributed by atoms with Crippen molar-refractivity contribution in [2.75, 3.05) is 17.4 Å². The Kier molecular flexibility index (Phi) is 11.1. The fourth-order valence-electron chi connectivity index (χ4n) is 4.64. The summed E-state index contributed by atoms with van der Waals surface area (Å²) in [5.74, 6) is -0.679. The van der Waals surface area contributed by atoms with Crippen LogP contribution in [-0.2, 0) is 26.2 Å². The Bertz CT molecular complexity index is 1450. The maximum atomic E-state index is 14.2. The minimum Gasteiger partial charge on any atom is -0.354 e. The summed E-state index contributed by atoms with van der Waals surface area (Å²) in [6.45, 7) is 11.9. The fourth-order valence-corrected chi connectivity index (χ4v) is 6.05. The molecule has 3 aromatic rings.